The number of allylic oxidation sites excluding steroid dienone is 4. The average molecular weight is 1330 g/mol. The summed E-state index contributed by atoms with van der Waals surface area (Å²) < 4.78 is 313. The molecular weight excluding hydrogens is 1280 g/mol. The Balaban J connectivity index is 1.69. The van der Waals surface area contributed by atoms with E-state index in [9.17, 15) is 17.6 Å². The summed E-state index contributed by atoms with van der Waals surface area (Å²) >= 11 is -0.374. The van der Waals surface area contributed by atoms with E-state index >= 15 is 70.2 Å². The molecule has 4 nitrogen and oxygen atoms in total. The second kappa shape index (κ2) is 25.4. The van der Waals surface area contributed by atoms with Crippen molar-refractivity contribution in [2.24, 2.45) is 0 Å². The molecule has 0 saturated heterocycles. The van der Waals surface area contributed by atoms with Gasteiger partial charge >= 0.3 is 0 Å². The number of hydrogen-bond acceptors (Lipinski definition) is 6. The number of aromatic nitrogens is 4. The lowest BCUT2D eigenvalue weighted by Crippen LogP contribution is -2.04. The van der Waals surface area contributed by atoms with E-state index in [1.807, 2.05) is 0 Å². The van der Waals surface area contributed by atoms with Crippen LogP contribution in [0.25, 0.3) is 44.4 Å². The molecule has 0 unspecified atom stereocenters. The molecule has 0 radical (unpaired) electrons. The van der Waals surface area contributed by atoms with Crippen LogP contribution in [0.5, 0.6) is 0 Å². The van der Waals surface area contributed by atoms with Crippen molar-refractivity contribution >= 4 is 91.4 Å². The van der Waals surface area contributed by atoms with Crippen molar-refractivity contribution in [3.63, 3.8) is 0 Å². The van der Waals surface area contributed by atoms with Crippen LogP contribution in [0.2, 0.25) is 0 Å². The second-order valence-electron chi connectivity index (χ2n) is 19.3. The second-order valence-corrected chi connectivity index (χ2v) is 23.4. The summed E-state index contributed by atoms with van der Waals surface area (Å²) in [5.41, 5.74) is -2.48. The first-order valence-corrected chi connectivity index (χ1v) is 30.1. The van der Waals surface area contributed by atoms with Crippen LogP contribution < -0.4 is 0 Å². The number of halogens is 20. The number of nitrogens with one attached hydrogen (secondary N) is 2. The molecular formula is C60H42F20N4S4. The zero-order valence-electron chi connectivity index (χ0n) is 46.7. The van der Waals surface area contributed by atoms with Gasteiger partial charge in [-0.15, -0.1) is 0 Å². The fraction of sp³-hybridized carbons (Fsp3) is 0.267. The lowest BCUT2D eigenvalue weighted by molar-refractivity contribution is 0.361. The van der Waals surface area contributed by atoms with E-state index in [1.54, 1.807) is 0 Å². The molecule has 2 N–H and O–H groups in total. The maximum Gasteiger partial charge on any atom is 0.200 e. The van der Waals surface area contributed by atoms with E-state index in [0.29, 0.717) is 0 Å². The van der Waals surface area contributed by atoms with E-state index < -0.39 is 178 Å². The quantitative estimate of drug-likeness (QED) is 0.0571. The molecule has 2 aliphatic rings. The van der Waals surface area contributed by atoms with Crippen molar-refractivity contribution in [3.05, 3.63) is 161 Å². The number of fused-ring (bicyclic) bond motifs is 8. The maximum absolute atomic E-state index is 16.3. The van der Waals surface area contributed by atoms with Crippen molar-refractivity contribution < 1.29 is 87.8 Å². The summed E-state index contributed by atoms with van der Waals surface area (Å²) in [6, 6.07) is 0. The Kier molecular flexibility index (Phi) is 19.0. The average Bonchev–Trinajstić information content (AvgIpc) is 1.59. The van der Waals surface area contributed by atoms with E-state index in [-0.39, 0.29) is 165 Å². The Bertz CT molecular complexity index is 3740. The highest BCUT2D eigenvalue weighted by molar-refractivity contribution is 8.00. The molecule has 0 aliphatic carbocycles. The molecule has 5 heterocycles. The van der Waals surface area contributed by atoms with Gasteiger partial charge in [-0.05, 0) is 95.9 Å². The molecule has 0 amide bonds. The van der Waals surface area contributed by atoms with Gasteiger partial charge in [0, 0.05) is 0 Å². The minimum Gasteiger partial charge on any atom is -0.353 e. The van der Waals surface area contributed by atoms with Crippen LogP contribution in [0.4, 0.5) is 87.8 Å². The SMILES string of the molecule is CCC1=C(CC)c2nc1c(Sc1c(F)c(F)c(F)c(F)c1F)c1[nH]c(c(CC)c1CC)c(Sc1c(F)c(F)c(F)c(F)c1F)c1nc(c(Sc3c(F)c(F)c(F)c(F)c3F)c3[nH]c(c(CC)c3CC)c2Sc2c(F)c(F)c(F)c(F)c2F)C(CC)=C1CC. The summed E-state index contributed by atoms with van der Waals surface area (Å²) in [5.74, 6) is -48.5. The molecule has 0 atom stereocenters. The Morgan fingerprint density at radius 2 is 0.364 bits per heavy atom. The van der Waals surface area contributed by atoms with Gasteiger partial charge in [-0.2, -0.15) is 0 Å². The molecule has 88 heavy (non-hydrogen) atoms. The van der Waals surface area contributed by atoms with E-state index in [0.717, 1.165) is 0 Å². The molecule has 0 spiro atoms. The first kappa shape index (κ1) is 65.9. The molecule has 3 aromatic heterocycles. The molecule has 0 saturated carbocycles. The highest BCUT2D eigenvalue weighted by Crippen LogP contribution is 2.54. The third-order valence-electron chi connectivity index (χ3n) is 14.8. The van der Waals surface area contributed by atoms with Gasteiger partial charge in [-0.25, -0.2) is 97.8 Å². The van der Waals surface area contributed by atoms with Crippen molar-refractivity contribution in [3.8, 4) is 0 Å². The Morgan fingerprint density at radius 1 is 0.216 bits per heavy atom. The summed E-state index contributed by atoms with van der Waals surface area (Å²) in [4.78, 5) is 7.65. The predicted molar refractivity (Wildman–Crippen MR) is 295 cm³/mol. The van der Waals surface area contributed by atoms with Crippen LogP contribution in [0.15, 0.2) is 39.2 Å². The smallest absolute Gasteiger partial charge is 0.200 e. The lowest BCUT2D eigenvalue weighted by atomic mass is 9.98. The van der Waals surface area contributed by atoms with Gasteiger partial charge in [0.25, 0.3) is 0 Å². The van der Waals surface area contributed by atoms with E-state index in [1.165, 1.54) is 55.4 Å². The fourth-order valence-electron chi connectivity index (χ4n) is 10.8. The normalized spacial score (nSPS) is 12.8. The van der Waals surface area contributed by atoms with Gasteiger partial charge in [-0.3, -0.25) is 0 Å². The lowest BCUT2D eigenvalue weighted by Gasteiger charge is -2.13. The highest BCUT2D eigenvalue weighted by atomic mass is 32.2. The standard InChI is InChI=1S/C60H42F20N4S4/c1-9-17-18(10-2)46-58(86-54-39(75)31(67)26(62)32(68)40(54)76)48-21(13-5)22(14-6)50(83-48)60(88-56-43(79)35(71)28(64)36(72)44(56)80)52-24(16-8)23(15-7)51(84-52)59(87-55-41(77)33(69)27(63)34(70)42(55)78)49-20(12-4)19(11-3)47(82-49)57(45(17)81-46)85-53-37(73)29(65)25(61)30(66)38(53)74/h81,84H,9-16H2,1-8H3. The topological polar surface area (TPSA) is 57.4 Å². The summed E-state index contributed by atoms with van der Waals surface area (Å²) in [7, 11) is 0. The van der Waals surface area contributed by atoms with E-state index in [4.69, 9.17) is 9.97 Å². The Morgan fingerprint density at radius 3 is 0.500 bits per heavy atom. The molecule has 8 bridgehead atoms. The maximum atomic E-state index is 16.3. The van der Waals surface area contributed by atoms with Gasteiger partial charge in [0.2, 0.25) is 23.3 Å². The van der Waals surface area contributed by atoms with Gasteiger partial charge in [-0.1, -0.05) is 102 Å². The summed E-state index contributed by atoms with van der Waals surface area (Å²) in [6.45, 7) is 12.0. The van der Waals surface area contributed by atoms with Crippen molar-refractivity contribution in [2.45, 2.75) is 146 Å². The van der Waals surface area contributed by atoms with Crippen LogP contribution in [0, 0.1) is 116 Å². The van der Waals surface area contributed by atoms with Gasteiger partial charge in [0.05, 0.1) is 84.0 Å². The van der Waals surface area contributed by atoms with Crippen molar-refractivity contribution in [1.29, 1.82) is 0 Å². The molecule has 4 aromatic carbocycles. The van der Waals surface area contributed by atoms with Crippen LogP contribution in [0.3, 0.4) is 0 Å². The van der Waals surface area contributed by atoms with Gasteiger partial charge < -0.3 is 9.97 Å². The van der Waals surface area contributed by atoms with Crippen molar-refractivity contribution in [2.75, 3.05) is 0 Å². The number of rotatable bonds is 16. The zero-order valence-corrected chi connectivity index (χ0v) is 50.0. The van der Waals surface area contributed by atoms with Crippen LogP contribution in [-0.2, 0) is 25.7 Å². The number of aryl methyl sites for hydroxylation is 4. The molecule has 466 valence electrons. The predicted octanol–water partition coefficient (Wildman–Crippen LogP) is 21.4. The monoisotopic (exact) mass is 1330 g/mol. The summed E-state index contributed by atoms with van der Waals surface area (Å²) in [6.07, 6.45) is -1.59. The first-order valence-electron chi connectivity index (χ1n) is 26.8. The number of nitrogens with zero attached hydrogens (tertiary/aromatic N) is 2. The Labute approximate surface area is 504 Å². The number of benzene rings is 4. The minimum atomic E-state index is -2.56. The first-order chi connectivity index (χ1) is 41.7. The third-order valence-corrected chi connectivity index (χ3v) is 19.5. The molecule has 7 aromatic rings. The van der Waals surface area contributed by atoms with E-state index in [2.05, 4.69) is 9.97 Å². The largest absolute Gasteiger partial charge is 0.353 e. The fourth-order valence-corrected chi connectivity index (χ4v) is 15.2. The third kappa shape index (κ3) is 10.3. The van der Waals surface area contributed by atoms with Crippen LogP contribution in [0.1, 0.15) is 126 Å². The van der Waals surface area contributed by atoms with Crippen LogP contribution >= 0.6 is 47.0 Å². The molecule has 9 rings (SSSR count). The molecule has 28 heteroatoms. The Hall–Kier alpha value is -6.52. The molecule has 2 aliphatic heterocycles. The van der Waals surface area contributed by atoms with Crippen LogP contribution in [-0.4, -0.2) is 19.9 Å². The number of aromatic amines is 2. The van der Waals surface area contributed by atoms with Gasteiger partial charge in [0.15, 0.2) is 93.1 Å². The van der Waals surface area contributed by atoms with Crippen molar-refractivity contribution in [1.82, 2.24) is 19.9 Å². The zero-order chi connectivity index (χ0) is 64.7. The summed E-state index contributed by atoms with van der Waals surface area (Å²) in [5, 5.41) is 0. The highest BCUT2D eigenvalue weighted by Gasteiger charge is 2.38. The van der Waals surface area contributed by atoms with Gasteiger partial charge in [0.1, 0.15) is 0 Å². The number of H-pyrrole nitrogens is 2. The number of hydrogen-bond donors (Lipinski definition) is 2. The minimum absolute atomic E-state index is 0.0392. The molecule has 0 fully saturated rings.